The maximum atomic E-state index is 11.8. The van der Waals surface area contributed by atoms with E-state index in [2.05, 4.69) is 22.6 Å². The zero-order chi connectivity index (χ0) is 10.7. The van der Waals surface area contributed by atoms with Crippen LogP contribution in [0.15, 0.2) is 0 Å². The molecule has 4 nitrogen and oxygen atoms in total. The van der Waals surface area contributed by atoms with Gasteiger partial charge in [0.2, 0.25) is 5.91 Å². The van der Waals surface area contributed by atoms with E-state index in [0.29, 0.717) is 6.04 Å². The molecule has 0 bridgehead atoms. The molecule has 4 heteroatoms. The molecule has 0 spiro atoms. The first-order valence-corrected chi connectivity index (χ1v) is 5.98. The van der Waals surface area contributed by atoms with Gasteiger partial charge in [-0.15, -0.1) is 0 Å². The van der Waals surface area contributed by atoms with Crippen LogP contribution in [0.3, 0.4) is 0 Å². The average molecular weight is 211 g/mol. The van der Waals surface area contributed by atoms with Crippen molar-refractivity contribution in [2.45, 2.75) is 37.8 Å². The SMILES string of the molecule is CN1CCC(NC(=O)C2CCCN2)CC1. The first-order valence-electron chi connectivity index (χ1n) is 5.98. The smallest absolute Gasteiger partial charge is 0.237 e. The Morgan fingerprint density at radius 3 is 2.67 bits per heavy atom. The van der Waals surface area contributed by atoms with Crippen molar-refractivity contribution >= 4 is 5.91 Å². The third-order valence-corrected chi connectivity index (χ3v) is 3.44. The van der Waals surface area contributed by atoms with Crippen LogP contribution in [-0.4, -0.2) is 49.6 Å². The van der Waals surface area contributed by atoms with Gasteiger partial charge in [0, 0.05) is 6.04 Å². The van der Waals surface area contributed by atoms with Gasteiger partial charge in [0.25, 0.3) is 0 Å². The summed E-state index contributed by atoms with van der Waals surface area (Å²) in [5.74, 6) is 0.210. The number of hydrogen-bond acceptors (Lipinski definition) is 3. The Labute approximate surface area is 91.4 Å². The van der Waals surface area contributed by atoms with E-state index in [1.165, 1.54) is 0 Å². The molecule has 2 heterocycles. The zero-order valence-electron chi connectivity index (χ0n) is 9.46. The van der Waals surface area contributed by atoms with E-state index in [0.717, 1.165) is 45.3 Å². The van der Waals surface area contributed by atoms with Crippen molar-refractivity contribution < 1.29 is 4.79 Å². The standard InChI is InChI=1S/C11H21N3O/c1-14-7-4-9(5-8-14)13-11(15)10-3-2-6-12-10/h9-10,12H,2-8H2,1H3,(H,13,15). The van der Waals surface area contributed by atoms with Crippen LogP contribution in [0, 0.1) is 0 Å². The molecule has 0 radical (unpaired) electrons. The summed E-state index contributed by atoms with van der Waals surface area (Å²) < 4.78 is 0. The Morgan fingerprint density at radius 2 is 2.07 bits per heavy atom. The molecule has 2 N–H and O–H groups in total. The van der Waals surface area contributed by atoms with Gasteiger partial charge in [-0.2, -0.15) is 0 Å². The lowest BCUT2D eigenvalue weighted by Gasteiger charge is -2.30. The highest BCUT2D eigenvalue weighted by Gasteiger charge is 2.25. The van der Waals surface area contributed by atoms with Crippen LogP contribution in [0.4, 0.5) is 0 Å². The van der Waals surface area contributed by atoms with Gasteiger partial charge in [-0.3, -0.25) is 4.79 Å². The average Bonchev–Trinajstić information content (AvgIpc) is 2.74. The lowest BCUT2D eigenvalue weighted by Crippen LogP contribution is -2.48. The molecule has 1 amide bonds. The maximum absolute atomic E-state index is 11.8. The minimum absolute atomic E-state index is 0.0738. The fourth-order valence-corrected chi connectivity index (χ4v) is 2.36. The highest BCUT2D eigenvalue weighted by molar-refractivity contribution is 5.82. The number of piperidine rings is 1. The normalized spacial score (nSPS) is 29.3. The minimum Gasteiger partial charge on any atom is -0.352 e. The van der Waals surface area contributed by atoms with Gasteiger partial charge in [-0.1, -0.05) is 0 Å². The molecule has 0 saturated carbocycles. The van der Waals surface area contributed by atoms with E-state index in [4.69, 9.17) is 0 Å². The highest BCUT2D eigenvalue weighted by atomic mass is 16.2. The van der Waals surface area contributed by atoms with Gasteiger partial charge < -0.3 is 15.5 Å². The summed E-state index contributed by atoms with van der Waals surface area (Å²) in [6, 6.07) is 0.473. The summed E-state index contributed by atoms with van der Waals surface area (Å²) in [5, 5.41) is 6.39. The lowest BCUT2D eigenvalue weighted by molar-refractivity contribution is -0.123. The summed E-state index contributed by atoms with van der Waals surface area (Å²) in [5.41, 5.74) is 0. The largest absolute Gasteiger partial charge is 0.352 e. The van der Waals surface area contributed by atoms with Gasteiger partial charge >= 0.3 is 0 Å². The molecule has 2 aliphatic heterocycles. The number of carbonyl (C=O) groups excluding carboxylic acids is 1. The predicted molar refractivity (Wildman–Crippen MR) is 59.7 cm³/mol. The molecule has 15 heavy (non-hydrogen) atoms. The Hall–Kier alpha value is -0.610. The Balaban J connectivity index is 1.74. The molecule has 1 unspecified atom stereocenters. The summed E-state index contributed by atoms with van der Waals surface area (Å²) in [6.07, 6.45) is 4.31. The van der Waals surface area contributed by atoms with Crippen LogP contribution in [0.2, 0.25) is 0 Å². The summed E-state index contributed by atoms with van der Waals surface area (Å²) in [6.45, 7) is 3.19. The molecular weight excluding hydrogens is 190 g/mol. The van der Waals surface area contributed by atoms with Gasteiger partial charge in [0.05, 0.1) is 6.04 Å². The van der Waals surface area contributed by atoms with Crippen LogP contribution in [0.1, 0.15) is 25.7 Å². The summed E-state index contributed by atoms with van der Waals surface area (Å²) in [4.78, 5) is 14.1. The van der Waals surface area contributed by atoms with Crippen LogP contribution in [0.5, 0.6) is 0 Å². The van der Waals surface area contributed by atoms with Crippen molar-refractivity contribution in [3.05, 3.63) is 0 Å². The first kappa shape index (κ1) is 10.9. The Kier molecular flexibility index (Phi) is 3.59. The van der Waals surface area contributed by atoms with Gasteiger partial charge in [0.1, 0.15) is 0 Å². The van der Waals surface area contributed by atoms with Crippen molar-refractivity contribution in [1.29, 1.82) is 0 Å². The molecule has 1 atom stereocenters. The summed E-state index contributed by atoms with van der Waals surface area (Å²) in [7, 11) is 2.14. The van der Waals surface area contributed by atoms with E-state index >= 15 is 0 Å². The van der Waals surface area contributed by atoms with E-state index in [1.807, 2.05) is 0 Å². The molecular formula is C11H21N3O. The number of likely N-dealkylation sites (tertiary alicyclic amines) is 1. The second kappa shape index (κ2) is 4.94. The Morgan fingerprint density at radius 1 is 1.33 bits per heavy atom. The molecule has 2 rings (SSSR count). The monoisotopic (exact) mass is 211 g/mol. The fraction of sp³-hybridized carbons (Fsp3) is 0.909. The van der Waals surface area contributed by atoms with E-state index < -0.39 is 0 Å². The first-order chi connectivity index (χ1) is 7.25. The minimum atomic E-state index is 0.0738. The van der Waals surface area contributed by atoms with Crippen molar-refractivity contribution in [2.24, 2.45) is 0 Å². The van der Waals surface area contributed by atoms with Crippen molar-refractivity contribution in [1.82, 2.24) is 15.5 Å². The molecule has 86 valence electrons. The number of nitrogens with zero attached hydrogens (tertiary/aromatic N) is 1. The van der Waals surface area contributed by atoms with Crippen LogP contribution < -0.4 is 10.6 Å². The van der Waals surface area contributed by atoms with Gasteiger partial charge in [-0.25, -0.2) is 0 Å². The number of rotatable bonds is 2. The molecule has 2 aliphatic rings. The molecule has 2 saturated heterocycles. The summed E-state index contributed by atoms with van der Waals surface area (Å²) >= 11 is 0. The van der Waals surface area contributed by atoms with Crippen LogP contribution in [-0.2, 0) is 4.79 Å². The highest BCUT2D eigenvalue weighted by Crippen LogP contribution is 2.10. The predicted octanol–water partition coefficient (Wildman–Crippen LogP) is -0.0512. The van der Waals surface area contributed by atoms with Crippen LogP contribution >= 0.6 is 0 Å². The number of hydrogen-bond donors (Lipinski definition) is 2. The van der Waals surface area contributed by atoms with Gasteiger partial charge in [0.15, 0.2) is 0 Å². The third kappa shape index (κ3) is 2.92. The molecule has 2 fully saturated rings. The Bertz CT molecular complexity index is 218. The van der Waals surface area contributed by atoms with Crippen molar-refractivity contribution in [3.8, 4) is 0 Å². The molecule has 0 aromatic heterocycles. The molecule has 0 aromatic carbocycles. The van der Waals surface area contributed by atoms with E-state index in [9.17, 15) is 4.79 Å². The lowest BCUT2D eigenvalue weighted by atomic mass is 10.0. The number of nitrogens with one attached hydrogen (secondary N) is 2. The number of amides is 1. The maximum Gasteiger partial charge on any atom is 0.237 e. The zero-order valence-corrected chi connectivity index (χ0v) is 9.46. The fourth-order valence-electron chi connectivity index (χ4n) is 2.36. The quantitative estimate of drug-likeness (QED) is 0.673. The topological polar surface area (TPSA) is 44.4 Å². The van der Waals surface area contributed by atoms with E-state index in [1.54, 1.807) is 0 Å². The van der Waals surface area contributed by atoms with E-state index in [-0.39, 0.29) is 11.9 Å². The second-order valence-electron chi connectivity index (χ2n) is 4.74. The van der Waals surface area contributed by atoms with Crippen molar-refractivity contribution in [2.75, 3.05) is 26.7 Å². The van der Waals surface area contributed by atoms with Crippen molar-refractivity contribution in [3.63, 3.8) is 0 Å². The second-order valence-corrected chi connectivity index (χ2v) is 4.74. The molecule has 0 aliphatic carbocycles. The van der Waals surface area contributed by atoms with Gasteiger partial charge in [-0.05, 0) is 52.4 Å². The third-order valence-electron chi connectivity index (χ3n) is 3.44. The number of carbonyl (C=O) groups is 1. The molecule has 0 aromatic rings. The van der Waals surface area contributed by atoms with Crippen LogP contribution in [0.25, 0.3) is 0 Å².